The third-order valence-electron chi connectivity index (χ3n) is 8.51. The summed E-state index contributed by atoms with van der Waals surface area (Å²) in [7, 11) is 4.68. The molecule has 218 valence electrons. The van der Waals surface area contributed by atoms with Crippen LogP contribution in [0, 0.1) is 11.3 Å². The van der Waals surface area contributed by atoms with Crippen LogP contribution < -0.4 is 4.74 Å². The number of ether oxygens (including phenoxy) is 1. The summed E-state index contributed by atoms with van der Waals surface area (Å²) in [6.45, 7) is 0.370. The molecule has 1 aliphatic carbocycles. The van der Waals surface area contributed by atoms with E-state index in [-0.39, 0.29) is 30.2 Å². The van der Waals surface area contributed by atoms with Crippen LogP contribution in [0.4, 0.5) is 13.2 Å². The maximum atomic E-state index is 14.1. The number of hydrogen-bond donors (Lipinski definition) is 1. The van der Waals surface area contributed by atoms with Gasteiger partial charge in [0, 0.05) is 32.7 Å². The smallest absolute Gasteiger partial charge is 0.430 e. The maximum Gasteiger partial charge on any atom is 0.430 e. The topological polar surface area (TPSA) is 70.1 Å². The Bertz CT molecular complexity index is 1240. The van der Waals surface area contributed by atoms with E-state index in [0.29, 0.717) is 29.3 Å². The molecule has 2 fully saturated rings. The third kappa shape index (κ3) is 5.96. The van der Waals surface area contributed by atoms with Crippen LogP contribution in [0.3, 0.4) is 0 Å². The predicted molar refractivity (Wildman–Crippen MR) is 146 cm³/mol. The van der Waals surface area contributed by atoms with Gasteiger partial charge in [-0.05, 0) is 79.7 Å². The lowest BCUT2D eigenvalue weighted by Gasteiger charge is -2.53. The minimum Gasteiger partial charge on any atom is -0.497 e. The van der Waals surface area contributed by atoms with Gasteiger partial charge in [0.1, 0.15) is 5.75 Å². The molecule has 1 N–H and O–H groups in total. The first-order chi connectivity index (χ1) is 18.8. The summed E-state index contributed by atoms with van der Waals surface area (Å²) in [5, 5.41) is 11.2. The number of nitrogens with zero attached hydrogens (tertiary/aromatic N) is 2. The fourth-order valence-corrected chi connectivity index (χ4v) is 6.45. The number of carbonyl (C=O) groups excluding carboxylic acids is 2. The summed E-state index contributed by atoms with van der Waals surface area (Å²) in [5.41, 5.74) is -2.57. The van der Waals surface area contributed by atoms with Crippen LogP contribution in [-0.4, -0.2) is 67.2 Å². The Morgan fingerprint density at radius 1 is 1.12 bits per heavy atom. The first-order valence-electron chi connectivity index (χ1n) is 13.5. The molecule has 1 saturated heterocycles. The van der Waals surface area contributed by atoms with Crippen LogP contribution in [0.25, 0.3) is 0 Å². The molecule has 1 aliphatic heterocycles. The Morgan fingerprint density at radius 2 is 1.80 bits per heavy atom. The van der Waals surface area contributed by atoms with Gasteiger partial charge in [-0.1, -0.05) is 36.2 Å². The number of alkyl halides is 3. The molecule has 6 nitrogen and oxygen atoms in total. The highest BCUT2D eigenvalue weighted by molar-refractivity contribution is 6.33. The molecule has 2 amide bonds. The molecule has 4 rings (SSSR count). The normalized spacial score (nSPS) is 18.6. The van der Waals surface area contributed by atoms with E-state index in [4.69, 9.17) is 16.3 Å². The number of aryl methyl sites for hydroxylation is 1. The molecule has 1 heterocycles. The van der Waals surface area contributed by atoms with Gasteiger partial charge in [0.2, 0.25) is 0 Å². The summed E-state index contributed by atoms with van der Waals surface area (Å²) >= 11 is 6.32. The molecule has 0 radical (unpaired) electrons. The van der Waals surface area contributed by atoms with Crippen LogP contribution in [0.5, 0.6) is 5.75 Å². The lowest BCUT2D eigenvalue weighted by molar-refractivity contribution is -0.262. The highest BCUT2D eigenvalue weighted by atomic mass is 35.5. The van der Waals surface area contributed by atoms with E-state index in [1.807, 2.05) is 12.1 Å². The van der Waals surface area contributed by atoms with E-state index in [1.165, 1.54) is 24.1 Å². The highest BCUT2D eigenvalue weighted by Gasteiger charge is 2.62. The Hall–Kier alpha value is -2.78. The van der Waals surface area contributed by atoms with Gasteiger partial charge in [0.15, 0.2) is 0 Å². The molecule has 2 aromatic rings. The van der Waals surface area contributed by atoms with Crippen LogP contribution in [0.1, 0.15) is 60.0 Å². The van der Waals surface area contributed by atoms with Crippen molar-refractivity contribution in [3.05, 3.63) is 64.2 Å². The lowest BCUT2D eigenvalue weighted by Crippen LogP contribution is -2.58. The van der Waals surface area contributed by atoms with E-state index in [9.17, 15) is 27.9 Å². The summed E-state index contributed by atoms with van der Waals surface area (Å²) in [4.78, 5) is 27.9. The summed E-state index contributed by atoms with van der Waals surface area (Å²) in [5.74, 6) is -0.801. The van der Waals surface area contributed by atoms with Crippen LogP contribution in [0.2, 0.25) is 5.02 Å². The van der Waals surface area contributed by atoms with Crippen molar-refractivity contribution in [1.29, 1.82) is 0 Å². The van der Waals surface area contributed by atoms with Gasteiger partial charge in [0.05, 0.1) is 17.7 Å². The van der Waals surface area contributed by atoms with Gasteiger partial charge in [-0.3, -0.25) is 9.59 Å². The molecule has 2 aliphatic rings. The SMILES string of the molecule is COc1cccc([C@@](O)(C(=O)N2CCC3(CC2)CC(CCCc2ccc(C(=O)N(C)C)c(Cl)c2)C3)C(F)(F)F)c1. The van der Waals surface area contributed by atoms with Crippen molar-refractivity contribution in [1.82, 2.24) is 9.80 Å². The molecule has 0 unspecified atom stereocenters. The largest absolute Gasteiger partial charge is 0.497 e. The van der Waals surface area contributed by atoms with Crippen LogP contribution in [-0.2, 0) is 16.8 Å². The number of aliphatic hydroxyl groups is 1. The van der Waals surface area contributed by atoms with Gasteiger partial charge < -0.3 is 19.6 Å². The number of piperidine rings is 1. The molecule has 0 aromatic heterocycles. The minimum absolute atomic E-state index is 0.0469. The zero-order valence-electron chi connectivity index (χ0n) is 23.1. The van der Waals surface area contributed by atoms with Gasteiger partial charge in [0.25, 0.3) is 17.4 Å². The average molecular weight is 581 g/mol. The summed E-state index contributed by atoms with van der Waals surface area (Å²) < 4.78 is 47.3. The minimum atomic E-state index is -5.18. The monoisotopic (exact) mass is 580 g/mol. The second-order valence-electron chi connectivity index (χ2n) is 11.4. The van der Waals surface area contributed by atoms with Crippen LogP contribution in [0.15, 0.2) is 42.5 Å². The number of amides is 2. The van der Waals surface area contributed by atoms with Crippen molar-refractivity contribution in [2.45, 2.75) is 56.7 Å². The number of likely N-dealkylation sites (tertiary alicyclic amines) is 1. The Labute approximate surface area is 238 Å². The van der Waals surface area contributed by atoms with Crippen molar-refractivity contribution in [2.75, 3.05) is 34.3 Å². The number of benzene rings is 2. The Morgan fingerprint density at radius 3 is 2.38 bits per heavy atom. The van der Waals surface area contributed by atoms with Crippen LogP contribution >= 0.6 is 11.6 Å². The maximum absolute atomic E-state index is 14.1. The standard InChI is InChI=1S/C30H36ClF3N2O4/c1-35(2)26(37)24-11-10-20(16-25(24)31)6-4-7-21-18-28(19-21)12-14-36(15-13-28)27(38)29(39,30(32,33)34)22-8-5-9-23(17-22)40-3/h5,8-11,16-17,21,39H,4,6-7,12-15,18-19H2,1-3H3/t29-/m1/s1. The molecular weight excluding hydrogens is 545 g/mol. The second kappa shape index (κ2) is 11.6. The Kier molecular flexibility index (Phi) is 8.76. The third-order valence-corrected chi connectivity index (χ3v) is 8.82. The van der Waals surface area contributed by atoms with E-state index in [1.54, 1.807) is 20.2 Å². The zero-order chi connectivity index (χ0) is 29.3. The van der Waals surface area contributed by atoms with Gasteiger partial charge in [-0.15, -0.1) is 0 Å². The van der Waals surface area contributed by atoms with E-state index in [2.05, 4.69) is 0 Å². The fraction of sp³-hybridized carbons (Fsp3) is 0.533. The number of rotatable bonds is 8. The van der Waals surface area contributed by atoms with Crippen molar-refractivity contribution >= 4 is 23.4 Å². The first-order valence-corrected chi connectivity index (χ1v) is 13.9. The summed E-state index contributed by atoms with van der Waals surface area (Å²) in [6, 6.07) is 10.5. The summed E-state index contributed by atoms with van der Waals surface area (Å²) in [6.07, 6.45) is 0.904. The van der Waals surface area contributed by atoms with Crippen molar-refractivity contribution in [3.63, 3.8) is 0 Å². The zero-order valence-corrected chi connectivity index (χ0v) is 23.8. The van der Waals surface area contributed by atoms with E-state index < -0.39 is 23.2 Å². The van der Waals surface area contributed by atoms with E-state index >= 15 is 0 Å². The molecule has 1 atom stereocenters. The van der Waals surface area contributed by atoms with Crippen molar-refractivity contribution in [3.8, 4) is 5.75 Å². The number of methoxy groups -OCH3 is 1. The second-order valence-corrected chi connectivity index (χ2v) is 11.8. The molecule has 40 heavy (non-hydrogen) atoms. The quantitative estimate of drug-likeness (QED) is 0.426. The average Bonchev–Trinajstić information content (AvgIpc) is 2.90. The fourth-order valence-electron chi connectivity index (χ4n) is 6.17. The number of hydrogen-bond acceptors (Lipinski definition) is 4. The molecule has 0 bridgehead atoms. The highest BCUT2D eigenvalue weighted by Crippen LogP contribution is 2.54. The Balaban J connectivity index is 1.28. The van der Waals surface area contributed by atoms with E-state index in [0.717, 1.165) is 54.7 Å². The first kappa shape index (κ1) is 30.2. The van der Waals surface area contributed by atoms with Gasteiger partial charge >= 0.3 is 6.18 Å². The van der Waals surface area contributed by atoms with Crippen molar-refractivity contribution in [2.24, 2.45) is 11.3 Å². The van der Waals surface area contributed by atoms with Crippen molar-refractivity contribution < 1.29 is 32.6 Å². The molecule has 2 aromatic carbocycles. The number of carbonyl (C=O) groups is 2. The number of halogens is 4. The van der Waals surface area contributed by atoms with Gasteiger partial charge in [-0.2, -0.15) is 13.2 Å². The predicted octanol–water partition coefficient (Wildman–Crippen LogP) is 5.84. The molecule has 1 saturated carbocycles. The van der Waals surface area contributed by atoms with Gasteiger partial charge in [-0.25, -0.2) is 0 Å². The molecular formula is C30H36ClF3N2O4. The molecule has 1 spiro atoms. The lowest BCUT2D eigenvalue weighted by atomic mass is 9.56. The molecule has 10 heteroatoms.